The molecule has 3 rings (SSSR count). The van der Waals surface area contributed by atoms with Crippen molar-refractivity contribution in [3.63, 3.8) is 0 Å². The molecule has 2 atom stereocenters. The van der Waals surface area contributed by atoms with Crippen LogP contribution in [0.15, 0.2) is 16.3 Å². The van der Waals surface area contributed by atoms with E-state index in [9.17, 15) is 13.2 Å². The topological polar surface area (TPSA) is 92.5 Å². The second-order valence-corrected chi connectivity index (χ2v) is 10.3. The number of nitrogens with two attached hydrogens (primary N) is 1. The first-order valence-electron chi connectivity index (χ1n) is 9.09. The Balaban J connectivity index is 0.00000243. The number of nitrogens with one attached hydrogen (secondary N) is 1. The second kappa shape index (κ2) is 9.50. The van der Waals surface area contributed by atoms with Gasteiger partial charge in [-0.2, -0.15) is 4.31 Å². The van der Waals surface area contributed by atoms with E-state index in [1.54, 1.807) is 12.1 Å². The van der Waals surface area contributed by atoms with Crippen LogP contribution in [0.3, 0.4) is 0 Å². The fourth-order valence-corrected chi connectivity index (χ4v) is 6.77. The zero-order valence-electron chi connectivity index (χ0n) is 14.9. The van der Waals surface area contributed by atoms with E-state index in [1.807, 2.05) is 0 Å². The fourth-order valence-electron chi connectivity index (χ4n) is 3.74. The molecule has 2 fully saturated rings. The summed E-state index contributed by atoms with van der Waals surface area (Å²) >= 11 is 1.21. The van der Waals surface area contributed by atoms with Crippen molar-refractivity contribution in [2.45, 2.75) is 55.2 Å². The van der Waals surface area contributed by atoms with Crippen molar-refractivity contribution in [1.82, 2.24) is 9.62 Å². The summed E-state index contributed by atoms with van der Waals surface area (Å²) in [4.78, 5) is 13.1. The molecular formula is C17H28ClN3O3S2. The van der Waals surface area contributed by atoms with Gasteiger partial charge in [0.15, 0.2) is 0 Å². The van der Waals surface area contributed by atoms with E-state index in [1.165, 1.54) is 22.1 Å². The third-order valence-electron chi connectivity index (χ3n) is 5.19. The Kier molecular flexibility index (Phi) is 7.90. The Labute approximate surface area is 166 Å². The molecule has 148 valence electrons. The minimum Gasteiger partial charge on any atom is -0.353 e. The van der Waals surface area contributed by atoms with E-state index in [0.717, 1.165) is 37.0 Å². The molecule has 2 heterocycles. The van der Waals surface area contributed by atoms with Gasteiger partial charge in [-0.05, 0) is 50.3 Å². The quantitative estimate of drug-likeness (QED) is 0.735. The van der Waals surface area contributed by atoms with Crippen LogP contribution in [0.25, 0.3) is 0 Å². The van der Waals surface area contributed by atoms with Crippen molar-refractivity contribution < 1.29 is 13.2 Å². The lowest BCUT2D eigenvalue weighted by Gasteiger charge is -2.31. The molecule has 9 heteroatoms. The first-order chi connectivity index (χ1) is 12.0. The highest BCUT2D eigenvalue weighted by molar-refractivity contribution is 7.91. The predicted molar refractivity (Wildman–Crippen MR) is 106 cm³/mol. The van der Waals surface area contributed by atoms with Gasteiger partial charge in [0.05, 0.1) is 6.42 Å². The molecule has 1 aliphatic heterocycles. The highest BCUT2D eigenvalue weighted by atomic mass is 35.5. The number of rotatable bonds is 6. The Hall–Kier alpha value is -0.670. The van der Waals surface area contributed by atoms with Crippen LogP contribution in [-0.2, 0) is 21.2 Å². The Morgan fingerprint density at radius 1 is 1.19 bits per heavy atom. The van der Waals surface area contributed by atoms with Crippen molar-refractivity contribution in [3.8, 4) is 0 Å². The SMILES string of the molecule is Cl.NCC1CCCCC1NC(=O)Cc1ccc(S(=O)(=O)N2CCCC2)s1. The van der Waals surface area contributed by atoms with Crippen LogP contribution < -0.4 is 11.1 Å². The summed E-state index contributed by atoms with van der Waals surface area (Å²) in [6.07, 6.45) is 6.42. The van der Waals surface area contributed by atoms with Crippen molar-refractivity contribution in [2.24, 2.45) is 11.7 Å². The number of nitrogens with zero attached hydrogens (tertiary/aromatic N) is 1. The van der Waals surface area contributed by atoms with Crippen LogP contribution in [0.5, 0.6) is 0 Å². The van der Waals surface area contributed by atoms with Gasteiger partial charge in [0, 0.05) is 24.0 Å². The first-order valence-corrected chi connectivity index (χ1v) is 11.3. The average molecular weight is 422 g/mol. The van der Waals surface area contributed by atoms with Gasteiger partial charge in [0.2, 0.25) is 5.91 Å². The molecular weight excluding hydrogens is 394 g/mol. The monoisotopic (exact) mass is 421 g/mol. The zero-order valence-corrected chi connectivity index (χ0v) is 17.3. The van der Waals surface area contributed by atoms with Crippen LogP contribution in [0.4, 0.5) is 0 Å². The van der Waals surface area contributed by atoms with Crippen molar-refractivity contribution >= 4 is 39.7 Å². The largest absolute Gasteiger partial charge is 0.353 e. The highest BCUT2D eigenvalue weighted by Crippen LogP contribution is 2.28. The minimum absolute atomic E-state index is 0. The Bertz CT molecular complexity index is 702. The lowest BCUT2D eigenvalue weighted by Crippen LogP contribution is -2.45. The molecule has 0 bridgehead atoms. The summed E-state index contributed by atoms with van der Waals surface area (Å²) in [5.41, 5.74) is 5.81. The summed E-state index contributed by atoms with van der Waals surface area (Å²) in [5, 5.41) is 3.10. The molecule has 0 radical (unpaired) electrons. The van der Waals surface area contributed by atoms with Crippen LogP contribution >= 0.6 is 23.7 Å². The van der Waals surface area contributed by atoms with Gasteiger partial charge >= 0.3 is 0 Å². The molecule has 1 saturated carbocycles. The number of carbonyl (C=O) groups excluding carboxylic acids is 1. The van der Waals surface area contributed by atoms with Crippen molar-refractivity contribution in [3.05, 3.63) is 17.0 Å². The van der Waals surface area contributed by atoms with Gasteiger partial charge in [0.25, 0.3) is 10.0 Å². The van der Waals surface area contributed by atoms with E-state index < -0.39 is 10.0 Å². The summed E-state index contributed by atoms with van der Waals surface area (Å²) in [6, 6.07) is 3.54. The molecule has 26 heavy (non-hydrogen) atoms. The average Bonchev–Trinajstić information content (AvgIpc) is 3.27. The summed E-state index contributed by atoms with van der Waals surface area (Å²) < 4.78 is 27.0. The maximum atomic E-state index is 12.6. The first kappa shape index (κ1) is 21.6. The molecule has 1 aromatic heterocycles. The van der Waals surface area contributed by atoms with Gasteiger partial charge < -0.3 is 11.1 Å². The maximum absolute atomic E-state index is 12.6. The van der Waals surface area contributed by atoms with Gasteiger partial charge in [-0.25, -0.2) is 8.42 Å². The summed E-state index contributed by atoms with van der Waals surface area (Å²) in [7, 11) is -3.39. The third kappa shape index (κ3) is 4.98. The lowest BCUT2D eigenvalue weighted by molar-refractivity contribution is -0.121. The fraction of sp³-hybridized carbons (Fsp3) is 0.706. The normalized spacial score (nSPS) is 24.2. The number of halogens is 1. The lowest BCUT2D eigenvalue weighted by atomic mass is 9.84. The number of amides is 1. The van der Waals surface area contributed by atoms with Crippen LogP contribution in [-0.4, -0.2) is 44.3 Å². The summed E-state index contributed by atoms with van der Waals surface area (Å²) in [5.74, 6) is 0.310. The van der Waals surface area contributed by atoms with Crippen LogP contribution in [0.2, 0.25) is 0 Å². The molecule has 1 amide bonds. The number of sulfonamides is 1. The van der Waals surface area contributed by atoms with E-state index in [4.69, 9.17) is 5.73 Å². The van der Waals surface area contributed by atoms with E-state index in [-0.39, 0.29) is 30.8 Å². The minimum atomic E-state index is -3.39. The maximum Gasteiger partial charge on any atom is 0.252 e. The number of carbonyl (C=O) groups is 1. The van der Waals surface area contributed by atoms with Crippen molar-refractivity contribution in [2.75, 3.05) is 19.6 Å². The molecule has 3 N–H and O–H groups in total. The van der Waals surface area contributed by atoms with E-state index >= 15 is 0 Å². The number of hydrogen-bond acceptors (Lipinski definition) is 5. The van der Waals surface area contributed by atoms with Crippen LogP contribution in [0.1, 0.15) is 43.4 Å². The van der Waals surface area contributed by atoms with E-state index in [2.05, 4.69) is 5.32 Å². The molecule has 6 nitrogen and oxygen atoms in total. The second-order valence-electron chi connectivity index (χ2n) is 6.96. The predicted octanol–water partition coefficient (Wildman–Crippen LogP) is 2.13. The Morgan fingerprint density at radius 2 is 1.88 bits per heavy atom. The number of thiophene rings is 1. The molecule has 1 saturated heterocycles. The van der Waals surface area contributed by atoms with Gasteiger partial charge in [0.1, 0.15) is 4.21 Å². The molecule has 2 unspecified atom stereocenters. The summed E-state index contributed by atoms with van der Waals surface area (Å²) in [6.45, 7) is 1.79. The van der Waals surface area contributed by atoms with E-state index in [0.29, 0.717) is 29.8 Å². The molecule has 2 aliphatic rings. The molecule has 0 spiro atoms. The van der Waals surface area contributed by atoms with Crippen molar-refractivity contribution in [1.29, 1.82) is 0 Å². The van der Waals surface area contributed by atoms with Gasteiger partial charge in [-0.3, -0.25) is 4.79 Å². The number of hydrogen-bond donors (Lipinski definition) is 2. The van der Waals surface area contributed by atoms with Gasteiger partial charge in [-0.1, -0.05) is 12.8 Å². The Morgan fingerprint density at radius 3 is 2.58 bits per heavy atom. The molecule has 0 aromatic carbocycles. The zero-order chi connectivity index (χ0) is 17.9. The van der Waals surface area contributed by atoms with Crippen LogP contribution in [0, 0.1) is 5.92 Å². The third-order valence-corrected chi connectivity index (χ3v) is 8.64. The smallest absolute Gasteiger partial charge is 0.252 e. The van der Waals surface area contributed by atoms with Gasteiger partial charge in [-0.15, -0.1) is 23.7 Å². The molecule has 1 aliphatic carbocycles. The molecule has 1 aromatic rings. The standard InChI is InChI=1S/C17H27N3O3S2.ClH/c18-12-13-5-1-2-6-15(13)19-16(21)11-14-7-8-17(24-14)25(22,23)20-9-3-4-10-20;/h7-8,13,15H,1-6,9-12,18H2,(H,19,21);1H. The highest BCUT2D eigenvalue weighted by Gasteiger charge is 2.29.